The van der Waals surface area contributed by atoms with Gasteiger partial charge in [-0.1, -0.05) is 17.0 Å². The SMILES string of the molecule is CC(C)(C)OC(=O)N1C[C@@H](On2nnc3ccccc32)C[C@H]1C(=O)O. The van der Waals surface area contributed by atoms with Crippen LogP contribution in [0.1, 0.15) is 27.2 Å². The molecular formula is C16H20N4O5. The highest BCUT2D eigenvalue weighted by Crippen LogP contribution is 2.23. The van der Waals surface area contributed by atoms with Crippen molar-refractivity contribution in [1.82, 2.24) is 20.1 Å². The Kier molecular flexibility index (Phi) is 4.23. The fraction of sp³-hybridized carbons (Fsp3) is 0.500. The lowest BCUT2D eigenvalue weighted by atomic mass is 10.2. The molecule has 134 valence electrons. The summed E-state index contributed by atoms with van der Waals surface area (Å²) in [6.45, 7) is 5.28. The molecule has 1 aliphatic heterocycles. The molecule has 2 heterocycles. The van der Waals surface area contributed by atoms with E-state index in [1.807, 2.05) is 12.1 Å². The van der Waals surface area contributed by atoms with Crippen molar-refractivity contribution in [1.29, 1.82) is 0 Å². The highest BCUT2D eigenvalue weighted by molar-refractivity contribution is 5.81. The van der Waals surface area contributed by atoms with Crippen molar-refractivity contribution >= 4 is 23.1 Å². The van der Waals surface area contributed by atoms with Crippen LogP contribution in [0.4, 0.5) is 4.79 Å². The van der Waals surface area contributed by atoms with Crippen LogP contribution in [0.2, 0.25) is 0 Å². The number of carboxylic acid groups (broad SMARTS) is 1. The molecule has 9 heteroatoms. The number of ether oxygens (including phenoxy) is 1. The zero-order valence-electron chi connectivity index (χ0n) is 14.2. The van der Waals surface area contributed by atoms with Gasteiger partial charge in [0.1, 0.15) is 28.8 Å². The van der Waals surface area contributed by atoms with Crippen molar-refractivity contribution in [3.8, 4) is 0 Å². The lowest BCUT2D eigenvalue weighted by Crippen LogP contribution is -2.43. The number of hydrogen-bond acceptors (Lipinski definition) is 6. The maximum atomic E-state index is 12.3. The molecule has 0 radical (unpaired) electrons. The Hall–Kier alpha value is -2.84. The first-order valence-electron chi connectivity index (χ1n) is 7.94. The zero-order chi connectivity index (χ0) is 18.2. The number of carbonyl (C=O) groups excluding carboxylic acids is 1. The average molecular weight is 348 g/mol. The van der Waals surface area contributed by atoms with Crippen molar-refractivity contribution in [3.63, 3.8) is 0 Å². The van der Waals surface area contributed by atoms with Gasteiger partial charge in [0.05, 0.1) is 6.54 Å². The third-order valence-corrected chi connectivity index (χ3v) is 3.75. The summed E-state index contributed by atoms with van der Waals surface area (Å²) in [5.74, 6) is -1.10. The van der Waals surface area contributed by atoms with E-state index in [9.17, 15) is 14.7 Å². The van der Waals surface area contributed by atoms with E-state index < -0.39 is 29.8 Å². The molecule has 1 N–H and O–H groups in total. The van der Waals surface area contributed by atoms with Gasteiger partial charge in [0, 0.05) is 6.42 Å². The summed E-state index contributed by atoms with van der Waals surface area (Å²) in [7, 11) is 0. The second kappa shape index (κ2) is 6.23. The van der Waals surface area contributed by atoms with Gasteiger partial charge in [-0.3, -0.25) is 4.90 Å². The number of carbonyl (C=O) groups is 2. The number of aliphatic carboxylic acids is 1. The van der Waals surface area contributed by atoms with Crippen LogP contribution in [-0.4, -0.2) is 61.5 Å². The van der Waals surface area contributed by atoms with Crippen molar-refractivity contribution in [3.05, 3.63) is 24.3 Å². The number of nitrogens with zero attached hydrogens (tertiary/aromatic N) is 4. The van der Waals surface area contributed by atoms with Gasteiger partial charge >= 0.3 is 12.1 Å². The first-order valence-corrected chi connectivity index (χ1v) is 7.94. The van der Waals surface area contributed by atoms with E-state index in [0.29, 0.717) is 11.0 Å². The standard InChI is InChI=1S/C16H20N4O5/c1-16(2,3)24-15(23)19-9-10(8-13(19)14(21)22)25-20-12-7-5-4-6-11(12)17-18-20/h4-7,10,13H,8-9H2,1-3H3,(H,21,22)/t10-,13-/m0/s1. The fourth-order valence-corrected chi connectivity index (χ4v) is 2.70. The summed E-state index contributed by atoms with van der Waals surface area (Å²) in [6.07, 6.45) is -1.06. The minimum absolute atomic E-state index is 0.0973. The first-order chi connectivity index (χ1) is 11.7. The second-order valence-electron chi connectivity index (χ2n) is 6.90. The largest absolute Gasteiger partial charge is 0.480 e. The third-order valence-electron chi connectivity index (χ3n) is 3.75. The normalized spacial score (nSPS) is 20.7. The van der Waals surface area contributed by atoms with E-state index >= 15 is 0 Å². The second-order valence-corrected chi connectivity index (χ2v) is 6.90. The molecule has 1 fully saturated rings. The molecule has 1 aliphatic rings. The summed E-state index contributed by atoms with van der Waals surface area (Å²) in [6, 6.07) is 6.25. The van der Waals surface area contributed by atoms with E-state index in [4.69, 9.17) is 9.57 Å². The molecule has 9 nitrogen and oxygen atoms in total. The quantitative estimate of drug-likeness (QED) is 0.891. The van der Waals surface area contributed by atoms with Gasteiger partial charge in [0.15, 0.2) is 0 Å². The predicted octanol–water partition coefficient (Wildman–Crippen LogP) is 1.32. The number of para-hydroxylation sites is 1. The van der Waals surface area contributed by atoms with E-state index in [1.165, 1.54) is 9.75 Å². The van der Waals surface area contributed by atoms with Gasteiger partial charge in [0.2, 0.25) is 0 Å². The van der Waals surface area contributed by atoms with Crippen LogP contribution < -0.4 is 4.84 Å². The topological polar surface area (TPSA) is 107 Å². The van der Waals surface area contributed by atoms with Crippen LogP contribution in [-0.2, 0) is 9.53 Å². The van der Waals surface area contributed by atoms with Crippen molar-refractivity contribution in [2.75, 3.05) is 6.54 Å². The highest BCUT2D eigenvalue weighted by Gasteiger charge is 2.43. The molecule has 1 aromatic heterocycles. The Morgan fingerprint density at radius 3 is 2.68 bits per heavy atom. The van der Waals surface area contributed by atoms with E-state index in [0.717, 1.165) is 0 Å². The monoisotopic (exact) mass is 348 g/mol. The summed E-state index contributed by atoms with van der Waals surface area (Å²) in [5.41, 5.74) is 0.630. The predicted molar refractivity (Wildman–Crippen MR) is 86.9 cm³/mol. The van der Waals surface area contributed by atoms with Crippen molar-refractivity contribution < 1.29 is 24.3 Å². The van der Waals surface area contributed by atoms with Crippen LogP contribution in [0, 0.1) is 0 Å². The average Bonchev–Trinajstić information content (AvgIpc) is 3.11. The number of rotatable bonds is 3. The number of benzene rings is 1. The molecule has 0 bridgehead atoms. The molecule has 0 unspecified atom stereocenters. The van der Waals surface area contributed by atoms with Gasteiger partial charge in [-0.25, -0.2) is 9.59 Å². The van der Waals surface area contributed by atoms with Crippen molar-refractivity contribution in [2.24, 2.45) is 0 Å². The third kappa shape index (κ3) is 3.65. The lowest BCUT2D eigenvalue weighted by molar-refractivity contribution is -0.142. The van der Waals surface area contributed by atoms with Gasteiger partial charge in [-0.05, 0) is 38.1 Å². The molecule has 2 aromatic rings. The van der Waals surface area contributed by atoms with E-state index in [-0.39, 0.29) is 13.0 Å². The zero-order valence-corrected chi connectivity index (χ0v) is 14.2. The molecule has 25 heavy (non-hydrogen) atoms. The molecule has 2 atom stereocenters. The maximum absolute atomic E-state index is 12.3. The number of carboxylic acids is 1. The summed E-state index contributed by atoms with van der Waals surface area (Å²) in [4.78, 5) is 32.0. The van der Waals surface area contributed by atoms with Crippen LogP contribution in [0.25, 0.3) is 11.0 Å². The van der Waals surface area contributed by atoms with Gasteiger partial charge in [-0.2, -0.15) is 0 Å². The van der Waals surface area contributed by atoms with Crippen LogP contribution >= 0.6 is 0 Å². The van der Waals surface area contributed by atoms with Crippen LogP contribution in [0.15, 0.2) is 24.3 Å². The summed E-state index contributed by atoms with van der Waals surface area (Å²) < 4.78 is 5.29. The number of hydrogen-bond donors (Lipinski definition) is 1. The summed E-state index contributed by atoms with van der Waals surface area (Å²) >= 11 is 0. The maximum Gasteiger partial charge on any atom is 0.411 e. The minimum atomic E-state index is -1.10. The Morgan fingerprint density at radius 2 is 2.00 bits per heavy atom. The number of aromatic nitrogens is 3. The number of fused-ring (bicyclic) bond motifs is 1. The Morgan fingerprint density at radius 1 is 1.28 bits per heavy atom. The molecule has 3 rings (SSSR count). The Labute approximate surface area is 144 Å². The molecule has 1 amide bonds. The molecular weight excluding hydrogens is 328 g/mol. The van der Waals surface area contributed by atoms with Crippen molar-refractivity contribution in [2.45, 2.75) is 44.9 Å². The number of amides is 1. The molecule has 0 spiro atoms. The minimum Gasteiger partial charge on any atom is -0.480 e. The smallest absolute Gasteiger partial charge is 0.411 e. The van der Waals surface area contributed by atoms with Gasteiger partial charge in [0.25, 0.3) is 0 Å². The fourth-order valence-electron chi connectivity index (χ4n) is 2.70. The van der Waals surface area contributed by atoms with Gasteiger partial charge < -0.3 is 14.7 Å². The van der Waals surface area contributed by atoms with E-state index in [1.54, 1.807) is 32.9 Å². The van der Waals surface area contributed by atoms with E-state index in [2.05, 4.69) is 10.3 Å². The molecule has 1 aromatic carbocycles. The lowest BCUT2D eigenvalue weighted by Gasteiger charge is -2.26. The molecule has 0 saturated carbocycles. The molecule has 1 saturated heterocycles. The molecule has 0 aliphatic carbocycles. The van der Waals surface area contributed by atoms with Gasteiger partial charge in [-0.15, -0.1) is 5.10 Å². The number of likely N-dealkylation sites (tertiary alicyclic amines) is 1. The highest BCUT2D eigenvalue weighted by atomic mass is 16.7. The van der Waals surface area contributed by atoms with Crippen LogP contribution in [0.5, 0.6) is 0 Å². The Balaban J connectivity index is 1.76. The Bertz CT molecular complexity index is 797. The first kappa shape index (κ1) is 17.0. The van der Waals surface area contributed by atoms with Crippen LogP contribution in [0.3, 0.4) is 0 Å². The summed E-state index contributed by atoms with van der Waals surface area (Å²) in [5, 5.41) is 17.3.